The molecule has 12 heavy (non-hydrogen) atoms. The van der Waals surface area contributed by atoms with Gasteiger partial charge in [0.1, 0.15) is 0 Å². The molecule has 0 aliphatic carbocycles. The Kier molecular flexibility index (Phi) is 3.05. The minimum absolute atomic E-state index is 0.0732. The number of hydrogen-bond donors (Lipinski definition) is 1. The van der Waals surface area contributed by atoms with Gasteiger partial charge in [0.2, 0.25) is 5.91 Å². The van der Waals surface area contributed by atoms with Gasteiger partial charge in [-0.3, -0.25) is 9.69 Å². The zero-order chi connectivity index (χ0) is 9.14. The van der Waals surface area contributed by atoms with Gasteiger partial charge in [-0.25, -0.2) is 0 Å². The van der Waals surface area contributed by atoms with Gasteiger partial charge < -0.3 is 10.0 Å². The zero-order valence-electron chi connectivity index (χ0n) is 7.66. The molecule has 0 saturated carbocycles. The molecule has 1 aliphatic rings. The van der Waals surface area contributed by atoms with E-state index in [1.807, 2.05) is 18.9 Å². The molecule has 1 heterocycles. The van der Waals surface area contributed by atoms with Crippen molar-refractivity contribution in [1.82, 2.24) is 9.80 Å². The van der Waals surface area contributed by atoms with Crippen molar-refractivity contribution in [3.05, 3.63) is 0 Å². The van der Waals surface area contributed by atoms with Gasteiger partial charge in [-0.1, -0.05) is 0 Å². The van der Waals surface area contributed by atoms with E-state index >= 15 is 0 Å². The Hall–Kier alpha value is -0.610. The first-order valence-electron chi connectivity index (χ1n) is 4.26. The Balaban J connectivity index is 2.52. The van der Waals surface area contributed by atoms with Gasteiger partial charge in [0.15, 0.2) is 0 Å². The van der Waals surface area contributed by atoms with Crippen LogP contribution in [0.15, 0.2) is 0 Å². The van der Waals surface area contributed by atoms with E-state index in [1.165, 1.54) is 0 Å². The molecule has 0 bridgehead atoms. The first-order chi connectivity index (χ1) is 5.66. The van der Waals surface area contributed by atoms with E-state index in [4.69, 9.17) is 5.11 Å². The van der Waals surface area contributed by atoms with E-state index in [0.29, 0.717) is 6.54 Å². The van der Waals surface area contributed by atoms with Crippen LogP contribution in [0.5, 0.6) is 0 Å². The van der Waals surface area contributed by atoms with Crippen molar-refractivity contribution in [2.45, 2.75) is 13.0 Å². The Bertz CT molecular complexity index is 172. The van der Waals surface area contributed by atoms with Gasteiger partial charge in [0.05, 0.1) is 12.6 Å². The summed E-state index contributed by atoms with van der Waals surface area (Å²) >= 11 is 0. The molecule has 4 heteroatoms. The number of likely N-dealkylation sites (N-methyl/N-ethyl adjacent to an activating group) is 1. The summed E-state index contributed by atoms with van der Waals surface area (Å²) < 4.78 is 0. The first kappa shape index (κ1) is 9.48. The standard InChI is InChI=1S/C8H16N2O2/c1-7-8(12)9(2)3-4-10(7)5-6-11/h7,11H,3-6H2,1-2H3/t7-/m1/s1. The van der Waals surface area contributed by atoms with Crippen molar-refractivity contribution in [2.24, 2.45) is 0 Å². The van der Waals surface area contributed by atoms with Gasteiger partial charge in [0.25, 0.3) is 0 Å². The molecule has 1 atom stereocenters. The van der Waals surface area contributed by atoms with E-state index in [1.54, 1.807) is 4.90 Å². The van der Waals surface area contributed by atoms with Crippen LogP contribution in [0.25, 0.3) is 0 Å². The molecular formula is C8H16N2O2. The third-order valence-electron chi connectivity index (χ3n) is 2.39. The topological polar surface area (TPSA) is 43.8 Å². The van der Waals surface area contributed by atoms with Crippen LogP contribution in [-0.2, 0) is 4.79 Å². The molecule has 1 rings (SSSR count). The lowest BCUT2D eigenvalue weighted by Crippen LogP contribution is -2.54. The van der Waals surface area contributed by atoms with Crippen LogP contribution < -0.4 is 0 Å². The van der Waals surface area contributed by atoms with Crippen molar-refractivity contribution < 1.29 is 9.90 Å². The largest absolute Gasteiger partial charge is 0.395 e. The van der Waals surface area contributed by atoms with Crippen molar-refractivity contribution in [3.8, 4) is 0 Å². The number of nitrogens with zero attached hydrogens (tertiary/aromatic N) is 2. The smallest absolute Gasteiger partial charge is 0.239 e. The molecule has 0 aromatic heterocycles. The van der Waals surface area contributed by atoms with E-state index in [-0.39, 0.29) is 18.6 Å². The average Bonchev–Trinajstić information content (AvgIpc) is 2.07. The number of carbonyl (C=O) groups is 1. The highest BCUT2D eigenvalue weighted by atomic mass is 16.3. The maximum absolute atomic E-state index is 11.4. The Morgan fingerprint density at radius 2 is 2.25 bits per heavy atom. The fourth-order valence-corrected chi connectivity index (χ4v) is 1.49. The molecule has 1 fully saturated rings. The number of carbonyl (C=O) groups excluding carboxylic acids is 1. The highest BCUT2D eigenvalue weighted by Crippen LogP contribution is 2.08. The second-order valence-corrected chi connectivity index (χ2v) is 3.20. The fraction of sp³-hybridized carbons (Fsp3) is 0.875. The summed E-state index contributed by atoms with van der Waals surface area (Å²) in [5.74, 6) is 0.148. The van der Waals surface area contributed by atoms with Crippen LogP contribution in [0.2, 0.25) is 0 Å². The molecule has 0 aromatic rings. The third-order valence-corrected chi connectivity index (χ3v) is 2.39. The van der Waals surface area contributed by atoms with Gasteiger partial charge in [0, 0.05) is 26.7 Å². The molecule has 70 valence electrons. The molecule has 1 saturated heterocycles. The Labute approximate surface area is 72.8 Å². The average molecular weight is 172 g/mol. The number of β-amino-alcohol motifs (C(OH)–C–C–N with tert-alkyl or cyclic N) is 1. The van der Waals surface area contributed by atoms with Crippen LogP contribution in [0.4, 0.5) is 0 Å². The summed E-state index contributed by atoms with van der Waals surface area (Å²) in [7, 11) is 1.81. The lowest BCUT2D eigenvalue weighted by Gasteiger charge is -2.36. The van der Waals surface area contributed by atoms with E-state index in [2.05, 4.69) is 0 Å². The van der Waals surface area contributed by atoms with E-state index < -0.39 is 0 Å². The quantitative estimate of drug-likeness (QED) is 0.589. The molecule has 1 aliphatic heterocycles. The van der Waals surface area contributed by atoms with Crippen molar-refractivity contribution in [2.75, 3.05) is 33.3 Å². The summed E-state index contributed by atoms with van der Waals surface area (Å²) in [4.78, 5) is 15.1. The maximum atomic E-state index is 11.4. The summed E-state index contributed by atoms with van der Waals surface area (Å²) in [6.45, 7) is 4.24. The molecule has 0 spiro atoms. The SMILES string of the molecule is C[C@@H]1C(=O)N(C)CCN1CCO. The van der Waals surface area contributed by atoms with E-state index in [0.717, 1.165) is 13.1 Å². The first-order valence-corrected chi connectivity index (χ1v) is 4.26. The van der Waals surface area contributed by atoms with Gasteiger partial charge in [-0.15, -0.1) is 0 Å². The van der Waals surface area contributed by atoms with E-state index in [9.17, 15) is 4.79 Å². The summed E-state index contributed by atoms with van der Waals surface area (Å²) in [5, 5.41) is 8.72. The highest BCUT2D eigenvalue weighted by Gasteiger charge is 2.28. The van der Waals surface area contributed by atoms with Crippen LogP contribution in [0.1, 0.15) is 6.92 Å². The van der Waals surface area contributed by atoms with Crippen LogP contribution in [0.3, 0.4) is 0 Å². The summed E-state index contributed by atoms with van der Waals surface area (Å²) in [6.07, 6.45) is 0. The number of amides is 1. The highest BCUT2D eigenvalue weighted by molar-refractivity contribution is 5.81. The third kappa shape index (κ3) is 1.76. The molecular weight excluding hydrogens is 156 g/mol. The molecule has 0 radical (unpaired) electrons. The number of aliphatic hydroxyl groups is 1. The second kappa shape index (κ2) is 3.87. The molecule has 1 amide bonds. The lowest BCUT2D eigenvalue weighted by molar-refractivity contribution is -0.139. The fourth-order valence-electron chi connectivity index (χ4n) is 1.49. The Morgan fingerprint density at radius 3 is 2.83 bits per heavy atom. The van der Waals surface area contributed by atoms with Gasteiger partial charge >= 0.3 is 0 Å². The van der Waals surface area contributed by atoms with Crippen molar-refractivity contribution >= 4 is 5.91 Å². The molecule has 0 aromatic carbocycles. The number of hydrogen-bond acceptors (Lipinski definition) is 3. The summed E-state index contributed by atoms with van der Waals surface area (Å²) in [6, 6.07) is -0.0732. The molecule has 0 unspecified atom stereocenters. The predicted molar refractivity (Wildman–Crippen MR) is 45.8 cm³/mol. The summed E-state index contributed by atoms with van der Waals surface area (Å²) in [5.41, 5.74) is 0. The van der Waals surface area contributed by atoms with Gasteiger partial charge in [-0.05, 0) is 6.92 Å². The normalized spacial score (nSPS) is 26.4. The number of piperazine rings is 1. The zero-order valence-corrected chi connectivity index (χ0v) is 7.66. The maximum Gasteiger partial charge on any atom is 0.239 e. The van der Waals surface area contributed by atoms with Crippen LogP contribution in [0, 0.1) is 0 Å². The predicted octanol–water partition coefficient (Wildman–Crippen LogP) is -0.859. The van der Waals surface area contributed by atoms with Crippen LogP contribution in [-0.4, -0.2) is 60.1 Å². The monoisotopic (exact) mass is 172 g/mol. The van der Waals surface area contributed by atoms with Gasteiger partial charge in [-0.2, -0.15) is 0 Å². The van der Waals surface area contributed by atoms with Crippen molar-refractivity contribution in [1.29, 1.82) is 0 Å². The number of rotatable bonds is 2. The Morgan fingerprint density at radius 1 is 1.58 bits per heavy atom. The lowest BCUT2D eigenvalue weighted by atomic mass is 10.2. The molecule has 4 nitrogen and oxygen atoms in total. The number of aliphatic hydroxyl groups excluding tert-OH is 1. The second-order valence-electron chi connectivity index (χ2n) is 3.20. The molecule has 1 N–H and O–H groups in total. The minimum atomic E-state index is -0.0732. The van der Waals surface area contributed by atoms with Crippen molar-refractivity contribution in [3.63, 3.8) is 0 Å². The van der Waals surface area contributed by atoms with Crippen LogP contribution >= 0.6 is 0 Å². The minimum Gasteiger partial charge on any atom is -0.395 e.